The highest BCUT2D eigenvalue weighted by atomic mass is 79.9. The highest BCUT2D eigenvalue weighted by Gasteiger charge is 2.33. The number of nitrogens with one attached hydrogen (secondary N) is 1. The molecule has 2 N–H and O–H groups in total. The minimum Gasteiger partial charge on any atom is -0.384 e. The molecule has 0 aliphatic rings. The Hall–Kier alpha value is -1.08. The number of aliphatic hydroxyl groups excluding tert-OH is 1. The molecular formula is C10H9BrF3NO2. The van der Waals surface area contributed by atoms with Gasteiger partial charge in [0, 0.05) is 10.2 Å². The first-order chi connectivity index (χ1) is 7.71. The maximum absolute atomic E-state index is 12.5. The van der Waals surface area contributed by atoms with Crippen LogP contribution in [-0.4, -0.2) is 17.1 Å². The summed E-state index contributed by atoms with van der Waals surface area (Å²) in [5.41, 5.74) is -0.910. The van der Waals surface area contributed by atoms with E-state index in [4.69, 9.17) is 5.11 Å². The molecule has 0 heterocycles. The molecule has 1 unspecified atom stereocenters. The van der Waals surface area contributed by atoms with Crippen LogP contribution in [0.15, 0.2) is 22.7 Å². The molecule has 0 radical (unpaired) electrons. The Bertz CT molecular complexity index is 432. The monoisotopic (exact) mass is 311 g/mol. The molecule has 1 rings (SSSR count). The molecule has 1 amide bonds. The first-order valence-electron chi connectivity index (χ1n) is 4.57. The molecule has 94 valence electrons. The predicted molar refractivity (Wildman–Crippen MR) is 59.5 cm³/mol. The van der Waals surface area contributed by atoms with E-state index in [0.717, 1.165) is 6.07 Å². The Balaban J connectivity index is 3.01. The van der Waals surface area contributed by atoms with Crippen LogP contribution in [0.2, 0.25) is 0 Å². The Labute approximate surface area is 104 Å². The summed E-state index contributed by atoms with van der Waals surface area (Å²) in [6, 6.07) is 3.28. The fourth-order valence-electron chi connectivity index (χ4n) is 1.07. The van der Waals surface area contributed by atoms with Gasteiger partial charge in [0.25, 0.3) is 5.91 Å². The van der Waals surface area contributed by atoms with Crippen molar-refractivity contribution in [2.45, 2.75) is 19.2 Å². The van der Waals surface area contributed by atoms with Gasteiger partial charge < -0.3 is 10.4 Å². The standard InChI is InChI=1S/C10H9BrF3NO2/c1-5(16)9(17)15-6-2-3-8(11)7(4-6)10(12,13)14/h2-5,16H,1H3,(H,15,17). The lowest BCUT2D eigenvalue weighted by atomic mass is 10.2. The van der Waals surface area contributed by atoms with Crippen LogP contribution < -0.4 is 5.32 Å². The van der Waals surface area contributed by atoms with Gasteiger partial charge in [0.1, 0.15) is 6.10 Å². The molecule has 1 atom stereocenters. The van der Waals surface area contributed by atoms with E-state index in [0.29, 0.717) is 0 Å². The highest BCUT2D eigenvalue weighted by molar-refractivity contribution is 9.10. The second kappa shape index (κ2) is 5.05. The van der Waals surface area contributed by atoms with E-state index < -0.39 is 23.8 Å². The summed E-state index contributed by atoms with van der Waals surface area (Å²) in [7, 11) is 0. The third-order valence-electron chi connectivity index (χ3n) is 1.92. The van der Waals surface area contributed by atoms with E-state index in [1.165, 1.54) is 19.1 Å². The van der Waals surface area contributed by atoms with Gasteiger partial charge in [0.2, 0.25) is 0 Å². The largest absolute Gasteiger partial charge is 0.417 e. The van der Waals surface area contributed by atoms with Gasteiger partial charge in [-0.3, -0.25) is 4.79 Å². The first-order valence-corrected chi connectivity index (χ1v) is 5.37. The molecule has 0 aromatic heterocycles. The zero-order valence-corrected chi connectivity index (χ0v) is 10.3. The van der Waals surface area contributed by atoms with Crippen LogP contribution in [0.4, 0.5) is 18.9 Å². The molecule has 0 fully saturated rings. The molecule has 0 saturated heterocycles. The average Bonchev–Trinajstić information content (AvgIpc) is 2.19. The van der Waals surface area contributed by atoms with Crippen molar-refractivity contribution < 1.29 is 23.1 Å². The fraction of sp³-hybridized carbons (Fsp3) is 0.300. The van der Waals surface area contributed by atoms with Gasteiger partial charge >= 0.3 is 6.18 Å². The fourth-order valence-corrected chi connectivity index (χ4v) is 1.54. The van der Waals surface area contributed by atoms with Crippen molar-refractivity contribution >= 4 is 27.5 Å². The smallest absolute Gasteiger partial charge is 0.384 e. The lowest BCUT2D eigenvalue weighted by Gasteiger charge is -2.12. The second-order valence-corrected chi connectivity index (χ2v) is 4.21. The molecule has 0 spiro atoms. The molecule has 1 aromatic carbocycles. The molecular weight excluding hydrogens is 303 g/mol. The SMILES string of the molecule is CC(O)C(=O)Nc1ccc(Br)c(C(F)(F)F)c1. The topological polar surface area (TPSA) is 49.3 Å². The van der Waals surface area contributed by atoms with Crippen molar-refractivity contribution in [3.63, 3.8) is 0 Å². The summed E-state index contributed by atoms with van der Waals surface area (Å²) in [6.07, 6.45) is -5.79. The van der Waals surface area contributed by atoms with Crippen LogP contribution in [0.5, 0.6) is 0 Å². The molecule has 0 saturated carbocycles. The number of hydrogen-bond donors (Lipinski definition) is 2. The van der Waals surface area contributed by atoms with Gasteiger partial charge in [0.15, 0.2) is 0 Å². The lowest BCUT2D eigenvalue weighted by molar-refractivity contribution is -0.138. The zero-order valence-electron chi connectivity index (χ0n) is 8.68. The first kappa shape index (κ1) is 14.0. The van der Waals surface area contributed by atoms with Crippen LogP contribution in [0.1, 0.15) is 12.5 Å². The summed E-state index contributed by atoms with van der Waals surface area (Å²) in [5, 5.41) is 11.1. The number of hydrogen-bond acceptors (Lipinski definition) is 2. The van der Waals surface area contributed by atoms with E-state index in [1.54, 1.807) is 0 Å². The van der Waals surface area contributed by atoms with Crippen molar-refractivity contribution in [1.82, 2.24) is 0 Å². The third-order valence-corrected chi connectivity index (χ3v) is 2.61. The Morgan fingerprint density at radius 1 is 1.47 bits per heavy atom. The summed E-state index contributed by atoms with van der Waals surface area (Å²) in [4.78, 5) is 11.1. The number of amides is 1. The maximum atomic E-state index is 12.5. The normalized spacial score (nSPS) is 13.3. The van der Waals surface area contributed by atoms with Gasteiger partial charge in [0.05, 0.1) is 5.56 Å². The molecule has 3 nitrogen and oxygen atoms in total. The Morgan fingerprint density at radius 3 is 2.53 bits per heavy atom. The second-order valence-electron chi connectivity index (χ2n) is 3.36. The van der Waals surface area contributed by atoms with E-state index in [2.05, 4.69) is 21.2 Å². The molecule has 0 aliphatic heterocycles. The van der Waals surface area contributed by atoms with Gasteiger partial charge in [-0.25, -0.2) is 0 Å². The minimum atomic E-state index is -4.51. The molecule has 7 heteroatoms. The quantitative estimate of drug-likeness (QED) is 0.882. The predicted octanol–water partition coefficient (Wildman–Crippen LogP) is 2.79. The molecule has 17 heavy (non-hydrogen) atoms. The Morgan fingerprint density at radius 2 is 2.06 bits per heavy atom. The number of alkyl halides is 3. The van der Waals surface area contributed by atoms with Crippen LogP contribution in [0.3, 0.4) is 0 Å². The van der Waals surface area contributed by atoms with Crippen molar-refractivity contribution in [2.75, 3.05) is 5.32 Å². The highest BCUT2D eigenvalue weighted by Crippen LogP contribution is 2.36. The van der Waals surface area contributed by atoms with Crippen molar-refractivity contribution in [3.05, 3.63) is 28.2 Å². The van der Waals surface area contributed by atoms with Crippen LogP contribution in [-0.2, 0) is 11.0 Å². The van der Waals surface area contributed by atoms with E-state index >= 15 is 0 Å². The van der Waals surface area contributed by atoms with Gasteiger partial charge in [-0.15, -0.1) is 0 Å². The number of aliphatic hydroxyl groups is 1. The molecule has 0 aliphatic carbocycles. The summed E-state index contributed by atoms with van der Waals surface area (Å²) >= 11 is 2.78. The van der Waals surface area contributed by atoms with Gasteiger partial charge in [-0.05, 0) is 25.1 Å². The zero-order chi connectivity index (χ0) is 13.2. The van der Waals surface area contributed by atoms with Crippen LogP contribution >= 0.6 is 15.9 Å². The molecule has 0 bridgehead atoms. The maximum Gasteiger partial charge on any atom is 0.417 e. The van der Waals surface area contributed by atoms with Gasteiger partial charge in [-0.1, -0.05) is 15.9 Å². The van der Waals surface area contributed by atoms with E-state index in [1.807, 2.05) is 0 Å². The van der Waals surface area contributed by atoms with Crippen molar-refractivity contribution in [1.29, 1.82) is 0 Å². The number of carbonyl (C=O) groups excluding carboxylic acids is 1. The lowest BCUT2D eigenvalue weighted by Crippen LogP contribution is -2.24. The van der Waals surface area contributed by atoms with E-state index in [-0.39, 0.29) is 10.2 Å². The number of benzene rings is 1. The van der Waals surface area contributed by atoms with Crippen molar-refractivity contribution in [3.8, 4) is 0 Å². The van der Waals surface area contributed by atoms with E-state index in [9.17, 15) is 18.0 Å². The number of anilines is 1. The number of halogens is 4. The number of carbonyl (C=O) groups is 1. The van der Waals surface area contributed by atoms with Crippen LogP contribution in [0, 0.1) is 0 Å². The Kier molecular flexibility index (Phi) is 4.16. The molecule has 1 aromatic rings. The minimum absolute atomic E-state index is 0.0218. The summed E-state index contributed by atoms with van der Waals surface area (Å²) in [6.45, 7) is 1.22. The average molecular weight is 312 g/mol. The third kappa shape index (κ3) is 3.71. The van der Waals surface area contributed by atoms with Crippen molar-refractivity contribution in [2.24, 2.45) is 0 Å². The summed E-state index contributed by atoms with van der Waals surface area (Å²) in [5.74, 6) is -0.763. The van der Waals surface area contributed by atoms with Gasteiger partial charge in [-0.2, -0.15) is 13.2 Å². The van der Waals surface area contributed by atoms with Crippen LogP contribution in [0.25, 0.3) is 0 Å². The summed E-state index contributed by atoms with van der Waals surface area (Å²) < 4.78 is 37.5. The number of rotatable bonds is 2.